The summed E-state index contributed by atoms with van der Waals surface area (Å²) in [6.45, 7) is 0.200. The second kappa shape index (κ2) is 5.97. The van der Waals surface area contributed by atoms with Crippen LogP contribution in [0.5, 0.6) is 0 Å². The molecule has 0 atom stereocenters. The molecule has 0 bridgehead atoms. The Labute approximate surface area is 126 Å². The monoisotopic (exact) mass is 300 g/mol. The fraction of sp³-hybridized carbons (Fsp3) is 0.125. The molecule has 0 spiro atoms. The van der Waals surface area contributed by atoms with E-state index >= 15 is 0 Å². The predicted molar refractivity (Wildman–Crippen MR) is 81.0 cm³/mol. The van der Waals surface area contributed by atoms with E-state index < -0.39 is 0 Å². The Morgan fingerprint density at radius 3 is 2.90 bits per heavy atom. The molecular formula is C16H13ClN2O2. The molecule has 21 heavy (non-hydrogen) atoms. The number of carbonyl (C=O) groups excluding carboxylic acids is 1. The topological polar surface area (TPSA) is 55.0 Å². The van der Waals surface area contributed by atoms with Crippen molar-refractivity contribution < 1.29 is 9.53 Å². The average Bonchev–Trinajstić information content (AvgIpc) is 2.90. The molecule has 5 heteroatoms. The molecule has 0 unspecified atom stereocenters. The predicted octanol–water partition coefficient (Wildman–Crippen LogP) is 3.50. The highest BCUT2D eigenvalue weighted by Crippen LogP contribution is 2.18. The van der Waals surface area contributed by atoms with Crippen LogP contribution >= 0.6 is 11.6 Å². The van der Waals surface area contributed by atoms with Gasteiger partial charge in [-0.05, 0) is 17.7 Å². The van der Waals surface area contributed by atoms with Gasteiger partial charge in [-0.25, -0.2) is 4.98 Å². The molecule has 0 aliphatic carbocycles. The third-order valence-electron chi connectivity index (χ3n) is 3.20. The van der Waals surface area contributed by atoms with Gasteiger partial charge in [-0.3, -0.25) is 4.79 Å². The Morgan fingerprint density at radius 2 is 2.10 bits per heavy atom. The van der Waals surface area contributed by atoms with Crippen LogP contribution in [0.2, 0.25) is 5.15 Å². The third-order valence-corrected chi connectivity index (χ3v) is 3.42. The van der Waals surface area contributed by atoms with Gasteiger partial charge in [-0.1, -0.05) is 35.9 Å². The summed E-state index contributed by atoms with van der Waals surface area (Å²) in [5.74, 6) is -0.269. The van der Waals surface area contributed by atoms with Gasteiger partial charge in [0.25, 0.3) is 0 Å². The molecule has 0 amide bonds. The minimum absolute atomic E-state index is 0.200. The first kappa shape index (κ1) is 13.6. The number of nitrogens with one attached hydrogen (secondary N) is 1. The highest BCUT2D eigenvalue weighted by Gasteiger charge is 2.09. The number of pyridine rings is 1. The van der Waals surface area contributed by atoms with Gasteiger partial charge in [-0.2, -0.15) is 0 Å². The van der Waals surface area contributed by atoms with E-state index in [0.29, 0.717) is 5.15 Å². The number of rotatable bonds is 4. The maximum absolute atomic E-state index is 11.9. The molecular weight excluding hydrogens is 288 g/mol. The van der Waals surface area contributed by atoms with Crippen LogP contribution in [0, 0.1) is 0 Å². The number of aromatic amines is 1. The largest absolute Gasteiger partial charge is 0.460 e. The van der Waals surface area contributed by atoms with Crippen molar-refractivity contribution in [2.24, 2.45) is 0 Å². The number of ether oxygens (including phenoxy) is 1. The number of nitrogens with zero attached hydrogens (tertiary/aromatic N) is 1. The van der Waals surface area contributed by atoms with Crippen LogP contribution < -0.4 is 0 Å². The highest BCUT2D eigenvalue weighted by atomic mass is 35.5. The van der Waals surface area contributed by atoms with Crippen LogP contribution in [0.3, 0.4) is 0 Å². The lowest BCUT2D eigenvalue weighted by atomic mass is 10.1. The van der Waals surface area contributed by atoms with E-state index in [2.05, 4.69) is 9.97 Å². The molecule has 0 aliphatic heterocycles. The summed E-state index contributed by atoms with van der Waals surface area (Å²) in [6.07, 6.45) is 3.68. The highest BCUT2D eigenvalue weighted by molar-refractivity contribution is 6.29. The third kappa shape index (κ3) is 3.23. The molecule has 4 nitrogen and oxygen atoms in total. The van der Waals surface area contributed by atoms with E-state index in [9.17, 15) is 4.79 Å². The van der Waals surface area contributed by atoms with Gasteiger partial charge in [-0.15, -0.1) is 0 Å². The van der Waals surface area contributed by atoms with Crippen molar-refractivity contribution in [2.45, 2.75) is 13.0 Å². The summed E-state index contributed by atoms with van der Waals surface area (Å²) in [5.41, 5.74) is 2.76. The number of carbonyl (C=O) groups is 1. The van der Waals surface area contributed by atoms with Gasteiger partial charge in [0.15, 0.2) is 0 Å². The molecule has 0 saturated carbocycles. The van der Waals surface area contributed by atoms with Crippen molar-refractivity contribution in [3.63, 3.8) is 0 Å². The molecule has 1 N–H and O–H groups in total. The normalized spacial score (nSPS) is 10.7. The SMILES string of the molecule is O=C(Cc1c[nH]c2ccccc12)OCc1ccc(Cl)nc1. The lowest BCUT2D eigenvalue weighted by Crippen LogP contribution is -2.07. The van der Waals surface area contributed by atoms with Gasteiger partial charge >= 0.3 is 5.97 Å². The summed E-state index contributed by atoms with van der Waals surface area (Å²) in [7, 11) is 0. The second-order valence-corrected chi connectivity index (χ2v) is 5.07. The minimum atomic E-state index is -0.269. The molecule has 0 fully saturated rings. The Hall–Kier alpha value is -2.33. The number of benzene rings is 1. The number of aromatic nitrogens is 2. The lowest BCUT2D eigenvalue weighted by Gasteiger charge is -2.04. The first-order valence-corrected chi connectivity index (χ1v) is 6.91. The van der Waals surface area contributed by atoms with Gasteiger partial charge in [0.1, 0.15) is 11.8 Å². The van der Waals surface area contributed by atoms with Crippen molar-refractivity contribution in [3.8, 4) is 0 Å². The number of hydrogen-bond acceptors (Lipinski definition) is 3. The van der Waals surface area contributed by atoms with Gasteiger partial charge in [0.05, 0.1) is 6.42 Å². The zero-order valence-corrected chi connectivity index (χ0v) is 11.9. The number of esters is 1. The van der Waals surface area contributed by atoms with Crippen molar-refractivity contribution in [3.05, 3.63) is 65.1 Å². The van der Waals surface area contributed by atoms with Crippen molar-refractivity contribution >= 4 is 28.5 Å². The summed E-state index contributed by atoms with van der Waals surface area (Å²) >= 11 is 5.70. The van der Waals surface area contributed by atoms with Gasteiger partial charge in [0.2, 0.25) is 0 Å². The first-order valence-electron chi connectivity index (χ1n) is 6.53. The molecule has 3 aromatic rings. The van der Waals surface area contributed by atoms with Crippen LogP contribution in [-0.4, -0.2) is 15.9 Å². The maximum Gasteiger partial charge on any atom is 0.310 e. The minimum Gasteiger partial charge on any atom is -0.460 e. The first-order chi connectivity index (χ1) is 10.2. The molecule has 2 heterocycles. The Bertz CT molecular complexity index is 765. The Morgan fingerprint density at radius 1 is 1.24 bits per heavy atom. The van der Waals surface area contributed by atoms with Crippen molar-refractivity contribution in [1.29, 1.82) is 0 Å². The van der Waals surface area contributed by atoms with Crippen LogP contribution in [0.25, 0.3) is 10.9 Å². The Balaban J connectivity index is 1.62. The molecule has 1 aromatic carbocycles. The van der Waals surface area contributed by atoms with Crippen LogP contribution in [0.1, 0.15) is 11.1 Å². The van der Waals surface area contributed by atoms with E-state index in [0.717, 1.165) is 22.0 Å². The Kier molecular flexibility index (Phi) is 3.88. The molecule has 0 saturated heterocycles. The fourth-order valence-corrected chi connectivity index (χ4v) is 2.25. The summed E-state index contributed by atoms with van der Waals surface area (Å²) in [4.78, 5) is 19.0. The van der Waals surface area contributed by atoms with Crippen molar-refractivity contribution in [2.75, 3.05) is 0 Å². The molecule has 3 rings (SSSR count). The summed E-state index contributed by atoms with van der Waals surface area (Å²) < 4.78 is 5.25. The number of hydrogen-bond donors (Lipinski definition) is 1. The maximum atomic E-state index is 11.9. The lowest BCUT2D eigenvalue weighted by molar-refractivity contribution is -0.144. The molecule has 2 aromatic heterocycles. The van der Waals surface area contributed by atoms with E-state index in [1.807, 2.05) is 30.5 Å². The van der Waals surface area contributed by atoms with E-state index in [4.69, 9.17) is 16.3 Å². The van der Waals surface area contributed by atoms with E-state index in [-0.39, 0.29) is 19.0 Å². The zero-order valence-electron chi connectivity index (χ0n) is 11.2. The quantitative estimate of drug-likeness (QED) is 0.592. The summed E-state index contributed by atoms with van der Waals surface area (Å²) in [5, 5.41) is 1.46. The molecule has 0 aliphatic rings. The van der Waals surface area contributed by atoms with Crippen LogP contribution in [0.15, 0.2) is 48.8 Å². The number of halogens is 1. The van der Waals surface area contributed by atoms with Crippen molar-refractivity contribution in [1.82, 2.24) is 9.97 Å². The molecule has 0 radical (unpaired) electrons. The number of H-pyrrole nitrogens is 1. The number of para-hydroxylation sites is 1. The fourth-order valence-electron chi connectivity index (χ4n) is 2.14. The standard InChI is InChI=1S/C16H13ClN2O2/c17-15-6-5-11(8-19-15)10-21-16(20)7-12-9-18-14-4-2-1-3-13(12)14/h1-6,8-9,18H,7,10H2. The smallest absolute Gasteiger partial charge is 0.310 e. The number of fused-ring (bicyclic) bond motifs is 1. The second-order valence-electron chi connectivity index (χ2n) is 4.69. The zero-order chi connectivity index (χ0) is 14.7. The van der Waals surface area contributed by atoms with Crippen LogP contribution in [0.4, 0.5) is 0 Å². The van der Waals surface area contributed by atoms with Gasteiger partial charge in [0, 0.05) is 28.9 Å². The average molecular weight is 301 g/mol. The summed E-state index contributed by atoms with van der Waals surface area (Å²) in [6, 6.07) is 11.3. The molecule has 106 valence electrons. The van der Waals surface area contributed by atoms with Crippen LogP contribution in [-0.2, 0) is 22.6 Å². The van der Waals surface area contributed by atoms with E-state index in [1.54, 1.807) is 18.3 Å². The van der Waals surface area contributed by atoms with Gasteiger partial charge < -0.3 is 9.72 Å². The van der Waals surface area contributed by atoms with E-state index in [1.165, 1.54) is 0 Å².